The molecule has 80 valence electrons. The molecule has 3 N–H and O–H groups in total. The molecule has 0 spiro atoms. The average Bonchev–Trinajstić information content (AvgIpc) is 2.17. The van der Waals surface area contributed by atoms with Crippen LogP contribution in [0.1, 0.15) is 10.4 Å². The minimum atomic E-state index is -0.969. The molecule has 1 rings (SSSR count). The maximum Gasteiger partial charge on any atom is 0.319 e. The van der Waals surface area contributed by atoms with E-state index in [1.54, 1.807) is 0 Å². The number of rotatable bonds is 2. The minimum Gasteiger partial charge on any atom is -0.494 e. The first-order chi connectivity index (χ1) is 7.04. The Bertz CT molecular complexity index is 406. The summed E-state index contributed by atoms with van der Waals surface area (Å²) >= 11 is 0. The third kappa shape index (κ3) is 2.67. The SMILES string of the molecule is COc1cc(C(=O)NC(N)=O)ccc1F. The molecular weight excluding hydrogens is 203 g/mol. The molecule has 0 saturated heterocycles. The zero-order valence-electron chi connectivity index (χ0n) is 7.91. The molecule has 0 unspecified atom stereocenters. The number of hydrogen-bond donors (Lipinski definition) is 2. The summed E-state index contributed by atoms with van der Waals surface area (Å²) in [5.41, 5.74) is 4.84. The van der Waals surface area contributed by atoms with Crippen LogP contribution in [0.5, 0.6) is 5.75 Å². The Morgan fingerprint density at radius 2 is 2.13 bits per heavy atom. The molecule has 0 bridgehead atoms. The van der Waals surface area contributed by atoms with Gasteiger partial charge in [-0.25, -0.2) is 9.18 Å². The van der Waals surface area contributed by atoms with Crippen LogP contribution < -0.4 is 15.8 Å². The molecule has 3 amide bonds. The lowest BCUT2D eigenvalue weighted by Gasteiger charge is -2.04. The van der Waals surface area contributed by atoms with Gasteiger partial charge in [0.25, 0.3) is 5.91 Å². The van der Waals surface area contributed by atoms with Gasteiger partial charge >= 0.3 is 6.03 Å². The number of amides is 3. The second-order valence-corrected chi connectivity index (χ2v) is 2.67. The number of hydrogen-bond acceptors (Lipinski definition) is 3. The molecule has 0 aromatic heterocycles. The fourth-order valence-electron chi connectivity index (χ4n) is 0.985. The first-order valence-corrected chi connectivity index (χ1v) is 3.99. The van der Waals surface area contributed by atoms with E-state index in [9.17, 15) is 14.0 Å². The van der Waals surface area contributed by atoms with Crippen molar-refractivity contribution in [2.24, 2.45) is 5.73 Å². The van der Waals surface area contributed by atoms with Crippen LogP contribution >= 0.6 is 0 Å². The molecule has 0 saturated carbocycles. The Kier molecular flexibility index (Phi) is 3.22. The average molecular weight is 212 g/mol. The second kappa shape index (κ2) is 4.41. The predicted octanol–water partition coefficient (Wildman–Crippen LogP) is 0.643. The highest BCUT2D eigenvalue weighted by Crippen LogP contribution is 2.17. The number of urea groups is 1. The van der Waals surface area contributed by atoms with Crippen LogP contribution in [0.4, 0.5) is 9.18 Å². The number of benzene rings is 1. The standard InChI is InChI=1S/C9H9FN2O3/c1-15-7-4-5(2-3-6(7)10)8(13)12-9(11)14/h2-4H,1H3,(H3,11,12,13,14). The number of ether oxygens (including phenoxy) is 1. The van der Waals surface area contributed by atoms with Gasteiger partial charge in [0.2, 0.25) is 0 Å². The van der Waals surface area contributed by atoms with Gasteiger partial charge in [-0.15, -0.1) is 0 Å². The van der Waals surface area contributed by atoms with Gasteiger partial charge in [-0.05, 0) is 18.2 Å². The smallest absolute Gasteiger partial charge is 0.319 e. The van der Waals surface area contributed by atoms with Crippen molar-refractivity contribution in [2.45, 2.75) is 0 Å². The lowest BCUT2D eigenvalue weighted by molar-refractivity contribution is 0.0966. The zero-order chi connectivity index (χ0) is 11.4. The molecule has 1 aromatic carbocycles. The van der Waals surface area contributed by atoms with Crippen molar-refractivity contribution in [3.8, 4) is 5.75 Å². The highest BCUT2D eigenvalue weighted by Gasteiger charge is 2.11. The number of carbonyl (C=O) groups excluding carboxylic acids is 2. The van der Waals surface area contributed by atoms with Gasteiger partial charge in [0.15, 0.2) is 11.6 Å². The highest BCUT2D eigenvalue weighted by atomic mass is 19.1. The maximum absolute atomic E-state index is 12.9. The number of carbonyl (C=O) groups is 2. The molecule has 0 atom stereocenters. The van der Waals surface area contributed by atoms with E-state index in [1.165, 1.54) is 19.2 Å². The fraction of sp³-hybridized carbons (Fsp3) is 0.111. The Morgan fingerprint density at radius 1 is 1.47 bits per heavy atom. The van der Waals surface area contributed by atoms with Crippen molar-refractivity contribution in [3.05, 3.63) is 29.6 Å². The normalized spacial score (nSPS) is 9.47. The molecule has 5 nitrogen and oxygen atoms in total. The molecule has 0 fully saturated rings. The van der Waals surface area contributed by atoms with Crippen LogP contribution in [0.3, 0.4) is 0 Å². The highest BCUT2D eigenvalue weighted by molar-refractivity contribution is 6.03. The number of halogens is 1. The van der Waals surface area contributed by atoms with Crippen molar-refractivity contribution < 1.29 is 18.7 Å². The number of nitrogens with two attached hydrogens (primary N) is 1. The van der Waals surface area contributed by atoms with Crippen molar-refractivity contribution in [1.82, 2.24) is 5.32 Å². The monoisotopic (exact) mass is 212 g/mol. The lowest BCUT2D eigenvalue weighted by atomic mass is 10.2. The first-order valence-electron chi connectivity index (χ1n) is 3.99. The van der Waals surface area contributed by atoms with Gasteiger partial charge < -0.3 is 10.5 Å². The summed E-state index contributed by atoms with van der Waals surface area (Å²) in [6.07, 6.45) is 0. The van der Waals surface area contributed by atoms with E-state index in [2.05, 4.69) is 4.74 Å². The third-order valence-electron chi connectivity index (χ3n) is 1.65. The van der Waals surface area contributed by atoms with E-state index in [-0.39, 0.29) is 11.3 Å². The number of nitrogens with one attached hydrogen (secondary N) is 1. The van der Waals surface area contributed by atoms with E-state index in [0.717, 1.165) is 6.07 Å². The summed E-state index contributed by atoms with van der Waals surface area (Å²) in [5.74, 6) is -1.37. The summed E-state index contributed by atoms with van der Waals surface area (Å²) in [6, 6.07) is 2.49. The van der Waals surface area contributed by atoms with Crippen molar-refractivity contribution in [1.29, 1.82) is 0 Å². The van der Waals surface area contributed by atoms with Crippen LogP contribution in [-0.4, -0.2) is 19.0 Å². The van der Waals surface area contributed by atoms with Crippen LogP contribution in [0.2, 0.25) is 0 Å². The minimum absolute atomic E-state index is 0.0767. The van der Waals surface area contributed by atoms with Crippen molar-refractivity contribution in [2.75, 3.05) is 7.11 Å². The topological polar surface area (TPSA) is 81.4 Å². The molecule has 15 heavy (non-hydrogen) atoms. The van der Waals surface area contributed by atoms with Gasteiger partial charge in [0.1, 0.15) is 0 Å². The molecule has 0 radical (unpaired) electrons. The Labute approximate surface area is 85.0 Å². The molecule has 6 heteroatoms. The quantitative estimate of drug-likeness (QED) is 0.754. The maximum atomic E-state index is 12.9. The van der Waals surface area contributed by atoms with Gasteiger partial charge in [0, 0.05) is 5.56 Å². The molecule has 0 aliphatic heterocycles. The zero-order valence-corrected chi connectivity index (χ0v) is 7.91. The summed E-state index contributed by atoms with van der Waals surface area (Å²) in [4.78, 5) is 21.6. The largest absolute Gasteiger partial charge is 0.494 e. The van der Waals surface area contributed by atoms with E-state index in [1.807, 2.05) is 5.32 Å². The third-order valence-corrected chi connectivity index (χ3v) is 1.65. The van der Waals surface area contributed by atoms with Crippen LogP contribution in [0.25, 0.3) is 0 Å². The first kappa shape index (κ1) is 11.0. The van der Waals surface area contributed by atoms with Crippen molar-refractivity contribution >= 4 is 11.9 Å². The van der Waals surface area contributed by atoms with Crippen LogP contribution in [0, 0.1) is 5.82 Å². The summed E-state index contributed by atoms with van der Waals surface area (Å²) in [6.45, 7) is 0. The second-order valence-electron chi connectivity index (χ2n) is 2.67. The number of methoxy groups -OCH3 is 1. The van der Waals surface area contributed by atoms with Gasteiger partial charge in [-0.3, -0.25) is 10.1 Å². The van der Waals surface area contributed by atoms with Gasteiger partial charge in [-0.2, -0.15) is 0 Å². The van der Waals surface area contributed by atoms with Gasteiger partial charge in [0.05, 0.1) is 7.11 Å². The Hall–Kier alpha value is -2.11. The molecule has 1 aromatic rings. The van der Waals surface area contributed by atoms with E-state index < -0.39 is 17.8 Å². The van der Waals surface area contributed by atoms with E-state index >= 15 is 0 Å². The van der Waals surface area contributed by atoms with Crippen molar-refractivity contribution in [3.63, 3.8) is 0 Å². The predicted molar refractivity (Wildman–Crippen MR) is 50.0 cm³/mol. The van der Waals surface area contributed by atoms with Crippen LogP contribution in [-0.2, 0) is 0 Å². The molecule has 0 heterocycles. The summed E-state index contributed by atoms with van der Waals surface area (Å²) in [7, 11) is 1.27. The van der Waals surface area contributed by atoms with E-state index in [4.69, 9.17) is 5.73 Å². The Morgan fingerprint density at radius 3 is 2.67 bits per heavy atom. The molecular formula is C9H9FN2O3. The number of imide groups is 1. The summed E-state index contributed by atoms with van der Waals surface area (Å²) in [5, 5.41) is 1.85. The summed E-state index contributed by atoms with van der Waals surface area (Å²) < 4.78 is 17.6. The fourth-order valence-corrected chi connectivity index (χ4v) is 0.985. The molecule has 0 aliphatic carbocycles. The molecule has 0 aliphatic rings. The van der Waals surface area contributed by atoms with Crippen LogP contribution in [0.15, 0.2) is 18.2 Å². The number of primary amides is 1. The lowest BCUT2D eigenvalue weighted by Crippen LogP contribution is -2.34. The Balaban J connectivity index is 2.95. The van der Waals surface area contributed by atoms with E-state index in [0.29, 0.717) is 0 Å². The van der Waals surface area contributed by atoms with Gasteiger partial charge in [-0.1, -0.05) is 0 Å².